The van der Waals surface area contributed by atoms with Crippen molar-refractivity contribution < 1.29 is 9.59 Å². The van der Waals surface area contributed by atoms with Gasteiger partial charge in [0, 0.05) is 40.8 Å². The predicted molar refractivity (Wildman–Crippen MR) is 133 cm³/mol. The van der Waals surface area contributed by atoms with E-state index in [0.717, 1.165) is 29.4 Å². The molecule has 0 aliphatic heterocycles. The maximum Gasteiger partial charge on any atom is 0.255 e. The Morgan fingerprint density at radius 3 is 2.29 bits per heavy atom. The molecule has 2 heterocycles. The predicted octanol–water partition coefficient (Wildman–Crippen LogP) is 5.33. The molecule has 5 rings (SSSR count). The average Bonchev–Trinajstić information content (AvgIpc) is 3.13. The van der Waals surface area contributed by atoms with Crippen molar-refractivity contribution in [2.24, 2.45) is 0 Å². The number of anilines is 1. The maximum absolute atomic E-state index is 12.8. The monoisotopic (exact) mass is 453 g/mol. The third-order valence-electron chi connectivity index (χ3n) is 6.29. The topological polar surface area (TPSA) is 99.8 Å². The van der Waals surface area contributed by atoms with Gasteiger partial charge in [-0.05, 0) is 67.4 Å². The van der Waals surface area contributed by atoms with Crippen LogP contribution in [0.3, 0.4) is 0 Å². The molecule has 0 unspecified atom stereocenters. The number of amides is 2. The molecule has 0 spiro atoms. The van der Waals surface area contributed by atoms with Gasteiger partial charge >= 0.3 is 0 Å². The van der Waals surface area contributed by atoms with E-state index in [-0.39, 0.29) is 17.9 Å². The van der Waals surface area contributed by atoms with Crippen molar-refractivity contribution in [1.29, 1.82) is 0 Å². The van der Waals surface area contributed by atoms with Gasteiger partial charge in [-0.2, -0.15) is 0 Å². The first-order valence-electron chi connectivity index (χ1n) is 11.8. The number of carbonyl (C=O) groups excluding carboxylic acids is 2. The van der Waals surface area contributed by atoms with Crippen molar-refractivity contribution in [3.8, 4) is 11.4 Å². The SMILES string of the molecule is O=C(Nc1ccc(-c2nc3ccc(C(=O)NC4CCCCCC4)cc3[nH]2)cc1)c1ccncc1. The minimum absolute atomic E-state index is 0.0285. The van der Waals surface area contributed by atoms with Crippen molar-refractivity contribution in [2.75, 3.05) is 5.32 Å². The van der Waals surface area contributed by atoms with E-state index in [4.69, 9.17) is 0 Å². The van der Waals surface area contributed by atoms with Gasteiger partial charge in [-0.3, -0.25) is 14.6 Å². The number of aromatic nitrogens is 3. The van der Waals surface area contributed by atoms with Crippen LogP contribution in [0.15, 0.2) is 67.0 Å². The highest BCUT2D eigenvalue weighted by Crippen LogP contribution is 2.24. The second-order valence-electron chi connectivity index (χ2n) is 8.75. The first-order valence-corrected chi connectivity index (χ1v) is 11.8. The van der Waals surface area contributed by atoms with E-state index in [1.54, 1.807) is 24.5 Å². The quantitative estimate of drug-likeness (QED) is 0.356. The standard InChI is InChI=1S/C27H27N5O2/c33-26(19-13-15-28-16-14-19)30-22-10-7-18(8-11-22)25-31-23-12-9-20(17-24(23)32-25)27(34)29-21-5-3-1-2-4-6-21/h7-17,21H,1-6H2,(H,29,34)(H,30,33)(H,31,32). The van der Waals surface area contributed by atoms with E-state index in [1.807, 2.05) is 42.5 Å². The second kappa shape index (κ2) is 9.87. The van der Waals surface area contributed by atoms with Gasteiger partial charge in [0.2, 0.25) is 0 Å². The maximum atomic E-state index is 12.8. The number of pyridine rings is 1. The summed E-state index contributed by atoms with van der Waals surface area (Å²) in [6, 6.07) is 16.7. The van der Waals surface area contributed by atoms with Crippen LogP contribution >= 0.6 is 0 Å². The lowest BCUT2D eigenvalue weighted by atomic mass is 10.1. The van der Waals surface area contributed by atoms with Crippen LogP contribution < -0.4 is 10.6 Å². The Kier molecular flexibility index (Phi) is 6.33. The number of carbonyl (C=O) groups is 2. The number of fused-ring (bicyclic) bond motifs is 1. The summed E-state index contributed by atoms with van der Waals surface area (Å²) >= 11 is 0. The lowest BCUT2D eigenvalue weighted by molar-refractivity contribution is 0.0932. The minimum atomic E-state index is -0.187. The molecule has 0 bridgehead atoms. The van der Waals surface area contributed by atoms with Gasteiger partial charge in [-0.1, -0.05) is 25.7 Å². The number of imidazole rings is 1. The minimum Gasteiger partial charge on any atom is -0.349 e. The number of H-pyrrole nitrogens is 1. The van der Waals surface area contributed by atoms with E-state index >= 15 is 0 Å². The Labute approximate surface area is 198 Å². The summed E-state index contributed by atoms with van der Waals surface area (Å²) in [6.07, 6.45) is 10.2. The molecule has 4 aromatic rings. The summed E-state index contributed by atoms with van der Waals surface area (Å²) in [6.45, 7) is 0. The van der Waals surface area contributed by atoms with Crippen LogP contribution in [0.25, 0.3) is 22.4 Å². The van der Waals surface area contributed by atoms with E-state index in [1.165, 1.54) is 25.7 Å². The van der Waals surface area contributed by atoms with Gasteiger partial charge in [-0.25, -0.2) is 4.98 Å². The third-order valence-corrected chi connectivity index (χ3v) is 6.29. The fraction of sp³-hybridized carbons (Fsp3) is 0.259. The van der Waals surface area contributed by atoms with Crippen LogP contribution in [-0.4, -0.2) is 32.8 Å². The van der Waals surface area contributed by atoms with Crippen LogP contribution in [0.1, 0.15) is 59.2 Å². The normalized spacial score (nSPS) is 14.5. The van der Waals surface area contributed by atoms with Gasteiger partial charge in [0.15, 0.2) is 0 Å². The van der Waals surface area contributed by atoms with Gasteiger partial charge in [0.1, 0.15) is 5.82 Å². The van der Waals surface area contributed by atoms with Crippen molar-refractivity contribution in [1.82, 2.24) is 20.3 Å². The molecule has 0 radical (unpaired) electrons. The Morgan fingerprint density at radius 1 is 0.824 bits per heavy atom. The average molecular weight is 454 g/mol. The van der Waals surface area contributed by atoms with Crippen molar-refractivity contribution in [3.05, 3.63) is 78.1 Å². The number of hydrogen-bond donors (Lipinski definition) is 3. The summed E-state index contributed by atoms with van der Waals surface area (Å²) in [7, 11) is 0. The van der Waals surface area contributed by atoms with E-state index in [9.17, 15) is 9.59 Å². The first-order chi connectivity index (χ1) is 16.7. The number of rotatable bonds is 5. The highest BCUT2D eigenvalue weighted by Gasteiger charge is 2.17. The Morgan fingerprint density at radius 2 is 1.56 bits per heavy atom. The largest absolute Gasteiger partial charge is 0.349 e. The fourth-order valence-corrected chi connectivity index (χ4v) is 4.40. The summed E-state index contributed by atoms with van der Waals surface area (Å²) in [5.74, 6) is 0.496. The molecule has 0 atom stereocenters. The Hall–Kier alpha value is -4.00. The van der Waals surface area contributed by atoms with E-state index in [0.29, 0.717) is 22.6 Å². The highest BCUT2D eigenvalue weighted by atomic mass is 16.2. The van der Waals surface area contributed by atoms with Crippen molar-refractivity contribution in [2.45, 2.75) is 44.6 Å². The molecule has 2 aromatic heterocycles. The molecule has 7 nitrogen and oxygen atoms in total. The molecule has 34 heavy (non-hydrogen) atoms. The highest BCUT2D eigenvalue weighted by molar-refractivity contribution is 6.04. The van der Waals surface area contributed by atoms with E-state index in [2.05, 4.69) is 25.6 Å². The smallest absolute Gasteiger partial charge is 0.255 e. The lowest BCUT2D eigenvalue weighted by Gasteiger charge is -2.16. The molecule has 172 valence electrons. The lowest BCUT2D eigenvalue weighted by Crippen LogP contribution is -2.34. The fourth-order valence-electron chi connectivity index (χ4n) is 4.40. The zero-order chi connectivity index (χ0) is 23.3. The molecule has 3 N–H and O–H groups in total. The molecule has 0 saturated heterocycles. The molecule has 1 saturated carbocycles. The summed E-state index contributed by atoms with van der Waals surface area (Å²) < 4.78 is 0. The molecule has 7 heteroatoms. The molecule has 1 fully saturated rings. The Balaban J connectivity index is 1.28. The molecule has 1 aliphatic carbocycles. The van der Waals surface area contributed by atoms with Crippen LogP contribution in [-0.2, 0) is 0 Å². The zero-order valence-electron chi connectivity index (χ0n) is 18.9. The van der Waals surface area contributed by atoms with Crippen LogP contribution in [0, 0.1) is 0 Å². The number of nitrogens with zero attached hydrogens (tertiary/aromatic N) is 2. The summed E-state index contributed by atoms with van der Waals surface area (Å²) in [5, 5.41) is 6.08. The number of nitrogens with one attached hydrogen (secondary N) is 3. The molecular weight excluding hydrogens is 426 g/mol. The number of aromatic amines is 1. The molecular formula is C27H27N5O2. The zero-order valence-corrected chi connectivity index (χ0v) is 18.9. The third kappa shape index (κ3) is 4.98. The van der Waals surface area contributed by atoms with Gasteiger partial charge < -0.3 is 15.6 Å². The number of benzene rings is 2. The van der Waals surface area contributed by atoms with Gasteiger partial charge in [0.05, 0.1) is 11.0 Å². The molecule has 1 aliphatic rings. The van der Waals surface area contributed by atoms with Crippen LogP contribution in [0.2, 0.25) is 0 Å². The van der Waals surface area contributed by atoms with Crippen molar-refractivity contribution in [3.63, 3.8) is 0 Å². The second-order valence-corrected chi connectivity index (χ2v) is 8.75. The van der Waals surface area contributed by atoms with Crippen molar-refractivity contribution >= 4 is 28.5 Å². The van der Waals surface area contributed by atoms with E-state index < -0.39 is 0 Å². The molecule has 2 amide bonds. The van der Waals surface area contributed by atoms with Crippen LogP contribution in [0.4, 0.5) is 5.69 Å². The Bertz CT molecular complexity index is 1290. The number of hydrogen-bond acceptors (Lipinski definition) is 4. The summed E-state index contributed by atoms with van der Waals surface area (Å²) in [4.78, 5) is 37.0. The summed E-state index contributed by atoms with van der Waals surface area (Å²) in [5.41, 5.74) is 4.40. The van der Waals surface area contributed by atoms with Crippen LogP contribution in [0.5, 0.6) is 0 Å². The van der Waals surface area contributed by atoms with Gasteiger partial charge in [0.25, 0.3) is 11.8 Å². The molecule has 2 aromatic carbocycles. The first kappa shape index (κ1) is 21.8. The van der Waals surface area contributed by atoms with Gasteiger partial charge in [-0.15, -0.1) is 0 Å².